The molecule has 1 aliphatic rings. The Hall–Kier alpha value is -2.33. The zero-order chi connectivity index (χ0) is 15.8. The van der Waals surface area contributed by atoms with Crippen molar-refractivity contribution in [3.63, 3.8) is 0 Å². The molecule has 0 amide bonds. The molecule has 1 aromatic carbocycles. The minimum Gasteiger partial charge on any atom is -0.481 e. The summed E-state index contributed by atoms with van der Waals surface area (Å²) >= 11 is 0. The first-order chi connectivity index (χ1) is 11.3. The van der Waals surface area contributed by atoms with Crippen molar-refractivity contribution in [2.45, 2.75) is 18.9 Å². The minimum atomic E-state index is 0.386. The molecule has 4 heteroatoms. The lowest BCUT2D eigenvalue weighted by atomic mass is 9.99. The molecule has 1 aliphatic heterocycles. The van der Waals surface area contributed by atoms with Crippen LogP contribution < -0.4 is 4.74 Å². The topological polar surface area (TPSA) is 38.5 Å². The first kappa shape index (κ1) is 14.3. The van der Waals surface area contributed by atoms with Crippen LogP contribution in [0.1, 0.15) is 24.4 Å². The third-order valence-corrected chi connectivity index (χ3v) is 4.69. The van der Waals surface area contributed by atoms with Gasteiger partial charge in [0, 0.05) is 29.3 Å². The van der Waals surface area contributed by atoms with Crippen molar-refractivity contribution in [2.75, 3.05) is 20.7 Å². The van der Waals surface area contributed by atoms with Gasteiger partial charge in [0.05, 0.1) is 7.11 Å². The minimum absolute atomic E-state index is 0.386. The second-order valence-electron chi connectivity index (χ2n) is 6.10. The van der Waals surface area contributed by atoms with Crippen LogP contribution in [0.5, 0.6) is 5.88 Å². The third kappa shape index (κ3) is 2.49. The number of likely N-dealkylation sites (tertiary alicyclic amines) is 1. The molecular formula is C19H20N2O2. The predicted molar refractivity (Wildman–Crippen MR) is 90.6 cm³/mol. The average Bonchev–Trinajstić information content (AvgIpc) is 3.20. The Labute approximate surface area is 135 Å². The van der Waals surface area contributed by atoms with Crippen LogP contribution in [-0.4, -0.2) is 30.6 Å². The number of benzene rings is 1. The van der Waals surface area contributed by atoms with E-state index >= 15 is 0 Å². The summed E-state index contributed by atoms with van der Waals surface area (Å²) in [5.41, 5.74) is 3.20. The molecule has 0 bridgehead atoms. The van der Waals surface area contributed by atoms with Gasteiger partial charge in [-0.1, -0.05) is 18.2 Å². The molecule has 0 radical (unpaired) electrons. The maximum absolute atomic E-state index is 6.09. The Morgan fingerprint density at radius 2 is 2.13 bits per heavy atom. The number of furan rings is 1. The number of hydrogen-bond acceptors (Lipinski definition) is 4. The van der Waals surface area contributed by atoms with Crippen molar-refractivity contribution in [3.05, 3.63) is 48.2 Å². The molecule has 1 saturated heterocycles. The van der Waals surface area contributed by atoms with E-state index in [0.29, 0.717) is 11.9 Å². The average molecular weight is 308 g/mol. The molecule has 0 saturated carbocycles. The second kappa shape index (κ2) is 5.70. The molecule has 4 nitrogen and oxygen atoms in total. The fraction of sp³-hybridized carbons (Fsp3) is 0.316. The van der Waals surface area contributed by atoms with Gasteiger partial charge in [-0.05, 0) is 44.1 Å². The number of nitrogens with zero attached hydrogens (tertiary/aromatic N) is 2. The predicted octanol–water partition coefficient (Wildman–Crippen LogP) is 4.27. The fourth-order valence-electron chi connectivity index (χ4n) is 3.46. The van der Waals surface area contributed by atoms with E-state index in [1.54, 1.807) is 7.11 Å². The van der Waals surface area contributed by atoms with Gasteiger partial charge in [-0.2, -0.15) is 0 Å². The van der Waals surface area contributed by atoms with E-state index in [2.05, 4.69) is 29.1 Å². The molecule has 3 aromatic rings. The summed E-state index contributed by atoms with van der Waals surface area (Å²) < 4.78 is 11.4. The quantitative estimate of drug-likeness (QED) is 0.724. The Morgan fingerprint density at radius 1 is 1.26 bits per heavy atom. The first-order valence-electron chi connectivity index (χ1n) is 7.99. The van der Waals surface area contributed by atoms with Crippen molar-refractivity contribution >= 4 is 11.0 Å². The van der Waals surface area contributed by atoms with Crippen LogP contribution in [0.2, 0.25) is 0 Å². The van der Waals surface area contributed by atoms with E-state index in [0.717, 1.165) is 35.3 Å². The number of pyridine rings is 1. The second-order valence-corrected chi connectivity index (χ2v) is 6.10. The maximum atomic E-state index is 6.09. The zero-order valence-corrected chi connectivity index (χ0v) is 13.5. The van der Waals surface area contributed by atoms with Crippen LogP contribution in [0.4, 0.5) is 0 Å². The SMILES string of the molecule is COc1cc(-c2cc3ccccc3o2)c([C@@H]2CCCN2C)cn1. The highest BCUT2D eigenvalue weighted by atomic mass is 16.5. The number of ether oxygens (including phenoxy) is 1. The smallest absolute Gasteiger partial charge is 0.213 e. The van der Waals surface area contributed by atoms with Gasteiger partial charge in [0.15, 0.2) is 0 Å². The van der Waals surface area contributed by atoms with Gasteiger partial charge in [0.25, 0.3) is 0 Å². The van der Waals surface area contributed by atoms with Crippen molar-refractivity contribution in [2.24, 2.45) is 0 Å². The van der Waals surface area contributed by atoms with E-state index in [-0.39, 0.29) is 0 Å². The number of methoxy groups -OCH3 is 1. The Morgan fingerprint density at radius 3 is 2.87 bits per heavy atom. The van der Waals surface area contributed by atoms with Gasteiger partial charge in [-0.25, -0.2) is 4.98 Å². The van der Waals surface area contributed by atoms with Gasteiger partial charge < -0.3 is 9.15 Å². The van der Waals surface area contributed by atoms with Crippen molar-refractivity contribution < 1.29 is 9.15 Å². The Balaban J connectivity index is 1.87. The van der Waals surface area contributed by atoms with Crippen molar-refractivity contribution in [1.82, 2.24) is 9.88 Å². The number of para-hydroxylation sites is 1. The summed E-state index contributed by atoms with van der Waals surface area (Å²) in [7, 11) is 3.82. The molecule has 0 N–H and O–H groups in total. The highest BCUT2D eigenvalue weighted by molar-refractivity contribution is 5.83. The summed E-state index contributed by atoms with van der Waals surface area (Å²) in [6.07, 6.45) is 4.30. The molecule has 0 aliphatic carbocycles. The number of rotatable bonds is 3. The first-order valence-corrected chi connectivity index (χ1v) is 7.99. The fourth-order valence-corrected chi connectivity index (χ4v) is 3.46. The summed E-state index contributed by atoms with van der Waals surface area (Å²) in [6, 6.07) is 12.6. The van der Waals surface area contributed by atoms with Gasteiger partial charge >= 0.3 is 0 Å². The maximum Gasteiger partial charge on any atom is 0.213 e. The molecule has 1 fully saturated rings. The molecule has 2 aromatic heterocycles. The highest BCUT2D eigenvalue weighted by Crippen LogP contribution is 2.39. The van der Waals surface area contributed by atoms with Gasteiger partial charge in [-0.3, -0.25) is 4.90 Å². The monoisotopic (exact) mass is 308 g/mol. The van der Waals surface area contributed by atoms with E-state index < -0.39 is 0 Å². The van der Waals surface area contributed by atoms with E-state index in [1.165, 1.54) is 12.0 Å². The third-order valence-electron chi connectivity index (χ3n) is 4.69. The lowest BCUT2D eigenvalue weighted by Crippen LogP contribution is -2.18. The molecule has 0 spiro atoms. The number of aromatic nitrogens is 1. The van der Waals surface area contributed by atoms with E-state index in [4.69, 9.17) is 9.15 Å². The molecule has 23 heavy (non-hydrogen) atoms. The van der Waals surface area contributed by atoms with Crippen LogP contribution >= 0.6 is 0 Å². The summed E-state index contributed by atoms with van der Waals surface area (Å²) in [4.78, 5) is 6.81. The number of hydrogen-bond donors (Lipinski definition) is 0. The van der Waals surface area contributed by atoms with Crippen LogP contribution in [0, 0.1) is 0 Å². The van der Waals surface area contributed by atoms with Gasteiger partial charge in [-0.15, -0.1) is 0 Å². The molecule has 1 atom stereocenters. The highest BCUT2D eigenvalue weighted by Gasteiger charge is 2.27. The van der Waals surface area contributed by atoms with Crippen LogP contribution in [0.3, 0.4) is 0 Å². The molecule has 3 heterocycles. The van der Waals surface area contributed by atoms with Gasteiger partial charge in [0.2, 0.25) is 5.88 Å². The lowest BCUT2D eigenvalue weighted by Gasteiger charge is -2.22. The van der Waals surface area contributed by atoms with Crippen LogP contribution in [-0.2, 0) is 0 Å². The molecule has 118 valence electrons. The van der Waals surface area contributed by atoms with Gasteiger partial charge in [0.1, 0.15) is 11.3 Å². The van der Waals surface area contributed by atoms with Crippen LogP contribution in [0.25, 0.3) is 22.3 Å². The normalized spacial score (nSPS) is 18.6. The van der Waals surface area contributed by atoms with Crippen LogP contribution in [0.15, 0.2) is 47.0 Å². The molecule has 4 rings (SSSR count). The summed E-state index contributed by atoms with van der Waals surface area (Å²) in [5, 5.41) is 1.11. The number of fused-ring (bicyclic) bond motifs is 1. The summed E-state index contributed by atoms with van der Waals surface area (Å²) in [6.45, 7) is 1.12. The van der Waals surface area contributed by atoms with E-state index in [1.807, 2.05) is 30.5 Å². The summed E-state index contributed by atoms with van der Waals surface area (Å²) in [5.74, 6) is 1.49. The lowest BCUT2D eigenvalue weighted by molar-refractivity contribution is 0.316. The molecular weight excluding hydrogens is 288 g/mol. The Bertz CT molecular complexity index is 807. The standard InChI is InChI=1S/C19H20N2O2/c1-21-9-5-7-16(21)15-12-20-19(22-2)11-14(15)18-10-13-6-3-4-8-17(13)23-18/h3-4,6,8,10-12,16H,5,7,9H2,1-2H3/t16-/m0/s1. The Kier molecular flexibility index (Phi) is 3.54. The molecule has 0 unspecified atom stereocenters. The van der Waals surface area contributed by atoms with E-state index in [9.17, 15) is 0 Å². The zero-order valence-electron chi connectivity index (χ0n) is 13.5. The van der Waals surface area contributed by atoms with Crippen molar-refractivity contribution in [1.29, 1.82) is 0 Å². The largest absolute Gasteiger partial charge is 0.481 e. The van der Waals surface area contributed by atoms with Crippen molar-refractivity contribution in [3.8, 4) is 17.2 Å².